The molecule has 1 aliphatic rings. The Balaban J connectivity index is 2.07. The van der Waals surface area contributed by atoms with Crippen LogP contribution in [0, 0.1) is 6.92 Å². The molecule has 1 atom stereocenters. The monoisotopic (exact) mass is 277 g/mol. The van der Waals surface area contributed by atoms with Crippen LogP contribution in [-0.4, -0.2) is 47.1 Å². The van der Waals surface area contributed by atoms with Crippen molar-refractivity contribution in [1.82, 2.24) is 9.88 Å². The first kappa shape index (κ1) is 14.8. The Morgan fingerprint density at radius 3 is 2.50 bits per heavy atom. The van der Waals surface area contributed by atoms with E-state index in [4.69, 9.17) is 0 Å². The molecular formula is C15H23N3O2. The van der Waals surface area contributed by atoms with E-state index in [1.54, 1.807) is 6.92 Å². The summed E-state index contributed by atoms with van der Waals surface area (Å²) in [6.07, 6.45) is 0.255. The molecule has 0 spiro atoms. The zero-order valence-electron chi connectivity index (χ0n) is 12.5. The average molecular weight is 277 g/mol. The van der Waals surface area contributed by atoms with Crippen LogP contribution >= 0.6 is 0 Å². The summed E-state index contributed by atoms with van der Waals surface area (Å²) in [5.41, 5.74) is 1.78. The number of anilines is 1. The minimum absolute atomic E-state index is 0.134. The summed E-state index contributed by atoms with van der Waals surface area (Å²) in [6, 6.07) is 3.92. The van der Waals surface area contributed by atoms with E-state index >= 15 is 0 Å². The van der Waals surface area contributed by atoms with E-state index in [1.807, 2.05) is 30.9 Å². The molecule has 0 bridgehead atoms. The molecule has 5 heteroatoms. The molecule has 1 aromatic heterocycles. The fourth-order valence-corrected chi connectivity index (χ4v) is 2.56. The van der Waals surface area contributed by atoms with Gasteiger partial charge in [-0.25, -0.2) is 4.98 Å². The molecule has 0 radical (unpaired) electrons. The number of aryl methyl sites for hydroxylation is 1. The molecule has 1 amide bonds. The number of aliphatic hydroxyl groups is 1. The molecule has 1 aromatic rings. The van der Waals surface area contributed by atoms with Crippen molar-refractivity contribution in [2.45, 2.75) is 33.3 Å². The number of aromatic nitrogens is 1. The Bertz CT molecular complexity index is 482. The van der Waals surface area contributed by atoms with Crippen LogP contribution in [0.1, 0.15) is 37.6 Å². The predicted octanol–water partition coefficient (Wildman–Crippen LogP) is 1.50. The van der Waals surface area contributed by atoms with Crippen molar-refractivity contribution in [3.8, 4) is 0 Å². The maximum atomic E-state index is 11.3. The van der Waals surface area contributed by atoms with Gasteiger partial charge in [0.2, 0.25) is 5.91 Å². The second-order valence-electron chi connectivity index (χ2n) is 5.26. The molecule has 2 rings (SSSR count). The van der Waals surface area contributed by atoms with Crippen molar-refractivity contribution >= 4 is 11.7 Å². The van der Waals surface area contributed by atoms with Crippen LogP contribution < -0.4 is 4.90 Å². The van der Waals surface area contributed by atoms with Gasteiger partial charge in [-0.2, -0.15) is 0 Å². The highest BCUT2D eigenvalue weighted by Gasteiger charge is 2.20. The summed E-state index contributed by atoms with van der Waals surface area (Å²) in [4.78, 5) is 20.0. The zero-order chi connectivity index (χ0) is 14.7. The highest BCUT2D eigenvalue weighted by Crippen LogP contribution is 2.22. The Hall–Kier alpha value is -1.62. The fraction of sp³-hybridized carbons (Fsp3) is 0.600. The molecule has 20 heavy (non-hydrogen) atoms. The zero-order valence-corrected chi connectivity index (χ0v) is 12.5. The van der Waals surface area contributed by atoms with Crippen molar-refractivity contribution in [1.29, 1.82) is 0 Å². The minimum Gasteiger partial charge on any atom is -0.388 e. The number of carbonyl (C=O) groups is 1. The van der Waals surface area contributed by atoms with Crippen molar-refractivity contribution in [3.63, 3.8) is 0 Å². The summed E-state index contributed by atoms with van der Waals surface area (Å²) in [6.45, 7) is 8.61. The first-order chi connectivity index (χ1) is 9.52. The third-order valence-electron chi connectivity index (χ3n) is 3.91. The number of nitrogens with zero attached hydrogens (tertiary/aromatic N) is 3. The van der Waals surface area contributed by atoms with Gasteiger partial charge in [0.25, 0.3) is 0 Å². The largest absolute Gasteiger partial charge is 0.388 e. The van der Waals surface area contributed by atoms with Gasteiger partial charge in [0, 0.05) is 44.4 Å². The number of rotatable bonds is 3. The summed E-state index contributed by atoms with van der Waals surface area (Å²) >= 11 is 0. The number of pyridine rings is 1. The lowest BCUT2D eigenvalue weighted by molar-refractivity contribution is -0.129. The highest BCUT2D eigenvalue weighted by molar-refractivity contribution is 5.73. The van der Waals surface area contributed by atoms with E-state index in [9.17, 15) is 9.90 Å². The van der Waals surface area contributed by atoms with Crippen LogP contribution in [0.3, 0.4) is 0 Å². The molecule has 0 saturated carbocycles. The Kier molecular flexibility index (Phi) is 4.60. The maximum absolute atomic E-state index is 11.3. The van der Waals surface area contributed by atoms with E-state index in [0.717, 1.165) is 43.3 Å². The van der Waals surface area contributed by atoms with Crippen LogP contribution in [0.5, 0.6) is 0 Å². The highest BCUT2D eigenvalue weighted by atomic mass is 16.3. The molecule has 5 nitrogen and oxygen atoms in total. The molecule has 0 unspecified atom stereocenters. The normalized spacial score (nSPS) is 17.2. The number of carbonyl (C=O) groups excluding carboxylic acids is 1. The number of piperazine rings is 1. The quantitative estimate of drug-likeness (QED) is 0.909. The van der Waals surface area contributed by atoms with Gasteiger partial charge in [-0.1, -0.05) is 13.0 Å². The number of amides is 1. The van der Waals surface area contributed by atoms with Gasteiger partial charge in [-0.3, -0.25) is 4.79 Å². The SMILES string of the molecule is CC[C@@H](O)c1ccc(N2CCN(C(C)=O)CC2)nc1C. The lowest BCUT2D eigenvalue weighted by atomic mass is 10.1. The molecule has 0 aliphatic carbocycles. The molecule has 1 saturated heterocycles. The van der Waals surface area contributed by atoms with Gasteiger partial charge in [-0.05, 0) is 19.4 Å². The predicted molar refractivity (Wildman–Crippen MR) is 78.7 cm³/mol. The van der Waals surface area contributed by atoms with Crippen molar-refractivity contribution in [3.05, 3.63) is 23.4 Å². The van der Waals surface area contributed by atoms with Crippen LogP contribution in [-0.2, 0) is 4.79 Å². The molecule has 0 aromatic carbocycles. The number of aliphatic hydroxyl groups excluding tert-OH is 1. The number of hydrogen-bond donors (Lipinski definition) is 1. The van der Waals surface area contributed by atoms with Crippen molar-refractivity contribution in [2.24, 2.45) is 0 Å². The van der Waals surface area contributed by atoms with Crippen LogP contribution in [0.25, 0.3) is 0 Å². The third-order valence-corrected chi connectivity index (χ3v) is 3.91. The Morgan fingerprint density at radius 2 is 2.00 bits per heavy atom. The standard InChI is InChI=1S/C15H23N3O2/c1-4-14(20)13-5-6-15(16-11(13)2)18-9-7-17(8-10-18)12(3)19/h5-6,14,20H,4,7-10H2,1-3H3/t14-/m1/s1. The second-order valence-corrected chi connectivity index (χ2v) is 5.26. The van der Waals surface area contributed by atoms with Crippen molar-refractivity contribution in [2.75, 3.05) is 31.1 Å². The van der Waals surface area contributed by atoms with Gasteiger partial charge in [0.1, 0.15) is 5.82 Å². The average Bonchev–Trinajstić information content (AvgIpc) is 2.46. The van der Waals surface area contributed by atoms with E-state index in [2.05, 4.69) is 9.88 Å². The van der Waals surface area contributed by atoms with E-state index in [-0.39, 0.29) is 5.91 Å². The van der Waals surface area contributed by atoms with Crippen LogP contribution in [0.4, 0.5) is 5.82 Å². The molecule has 2 heterocycles. The summed E-state index contributed by atoms with van der Waals surface area (Å²) in [7, 11) is 0. The van der Waals surface area contributed by atoms with Gasteiger partial charge in [0.05, 0.1) is 6.10 Å². The van der Waals surface area contributed by atoms with Gasteiger partial charge >= 0.3 is 0 Å². The molecule has 1 aliphatic heterocycles. The topological polar surface area (TPSA) is 56.7 Å². The molecule has 110 valence electrons. The fourth-order valence-electron chi connectivity index (χ4n) is 2.56. The van der Waals surface area contributed by atoms with Crippen LogP contribution in [0.15, 0.2) is 12.1 Å². The summed E-state index contributed by atoms with van der Waals surface area (Å²) < 4.78 is 0. The molecule has 1 fully saturated rings. The van der Waals surface area contributed by atoms with Crippen molar-refractivity contribution < 1.29 is 9.90 Å². The summed E-state index contributed by atoms with van der Waals surface area (Å²) in [5, 5.41) is 9.91. The van der Waals surface area contributed by atoms with E-state index in [0.29, 0.717) is 6.42 Å². The third kappa shape index (κ3) is 3.10. The molecular weight excluding hydrogens is 254 g/mol. The first-order valence-electron chi connectivity index (χ1n) is 7.19. The van der Waals surface area contributed by atoms with Gasteiger partial charge < -0.3 is 14.9 Å². The minimum atomic E-state index is -0.439. The van der Waals surface area contributed by atoms with E-state index in [1.165, 1.54) is 0 Å². The van der Waals surface area contributed by atoms with Crippen LogP contribution in [0.2, 0.25) is 0 Å². The second kappa shape index (κ2) is 6.22. The Labute approximate surface area is 120 Å². The Morgan fingerprint density at radius 1 is 1.35 bits per heavy atom. The maximum Gasteiger partial charge on any atom is 0.219 e. The smallest absolute Gasteiger partial charge is 0.219 e. The van der Waals surface area contributed by atoms with Gasteiger partial charge in [0.15, 0.2) is 0 Å². The number of hydrogen-bond acceptors (Lipinski definition) is 4. The summed E-state index contributed by atoms with van der Waals surface area (Å²) in [5.74, 6) is 1.06. The lowest BCUT2D eigenvalue weighted by Gasteiger charge is -2.35. The van der Waals surface area contributed by atoms with E-state index < -0.39 is 6.10 Å². The first-order valence-corrected chi connectivity index (χ1v) is 7.19. The molecule has 1 N–H and O–H groups in total. The van der Waals surface area contributed by atoms with Gasteiger partial charge in [-0.15, -0.1) is 0 Å². The lowest BCUT2D eigenvalue weighted by Crippen LogP contribution is -2.48.